The van der Waals surface area contributed by atoms with Crippen LogP contribution in [0.2, 0.25) is 0 Å². The second kappa shape index (κ2) is 6.90. The smallest absolute Gasteiger partial charge is 0.357 e. The number of non-ortho nitro benzene ring substituents is 1. The molecule has 0 fully saturated rings. The molecule has 128 valence electrons. The lowest BCUT2D eigenvalue weighted by molar-refractivity contribution is -0.384. The lowest BCUT2D eigenvalue weighted by Crippen LogP contribution is -2.10. The molecule has 0 bridgehead atoms. The lowest BCUT2D eigenvalue weighted by Gasteiger charge is -2.04. The maximum atomic E-state index is 12.3. The Kier molecular flexibility index (Phi) is 4.84. The molecule has 1 aromatic heterocycles. The molecule has 3 aromatic rings. The first kappa shape index (κ1) is 17.5. The van der Waals surface area contributed by atoms with E-state index in [0.29, 0.717) is 5.01 Å². The van der Waals surface area contributed by atoms with Crippen molar-refractivity contribution in [2.45, 2.75) is 5.03 Å². The Morgan fingerprint density at radius 1 is 1.16 bits per heavy atom. The van der Waals surface area contributed by atoms with E-state index in [4.69, 9.17) is 4.18 Å². The SMILES string of the molecule is O=[N+]([O-])c1cccc(OS(=O)(=O)c2csc(-c3ccc(Br)cc3)n2)c1. The quantitative estimate of drug-likeness (QED) is 0.334. The second-order valence-corrected chi connectivity index (χ2v) is 8.06. The average molecular weight is 441 g/mol. The molecule has 0 N–H and O–H groups in total. The molecule has 0 amide bonds. The molecule has 0 aliphatic heterocycles. The topological polar surface area (TPSA) is 99.4 Å². The summed E-state index contributed by atoms with van der Waals surface area (Å²) in [5, 5.41) is 12.4. The Bertz CT molecular complexity index is 1030. The maximum Gasteiger partial charge on any atom is 0.357 e. The van der Waals surface area contributed by atoms with Crippen LogP contribution >= 0.6 is 27.3 Å². The number of aromatic nitrogens is 1. The fourth-order valence-corrected chi connectivity index (χ4v) is 4.19. The molecule has 0 aliphatic carbocycles. The molecule has 7 nitrogen and oxygen atoms in total. The van der Waals surface area contributed by atoms with Crippen molar-refractivity contribution in [2.24, 2.45) is 0 Å². The van der Waals surface area contributed by atoms with E-state index in [-0.39, 0.29) is 16.5 Å². The van der Waals surface area contributed by atoms with E-state index < -0.39 is 15.0 Å². The molecule has 10 heteroatoms. The molecule has 0 aliphatic rings. The molecule has 2 aromatic carbocycles. The van der Waals surface area contributed by atoms with Crippen LogP contribution in [-0.4, -0.2) is 18.3 Å². The fraction of sp³-hybridized carbons (Fsp3) is 0. The van der Waals surface area contributed by atoms with Crippen molar-refractivity contribution < 1.29 is 17.5 Å². The third-order valence-electron chi connectivity index (χ3n) is 3.06. The van der Waals surface area contributed by atoms with Gasteiger partial charge in [-0.15, -0.1) is 11.3 Å². The number of hydrogen-bond acceptors (Lipinski definition) is 7. The number of nitrogens with zero attached hydrogens (tertiary/aromatic N) is 2. The number of halogens is 1. The lowest BCUT2D eigenvalue weighted by atomic mass is 10.2. The highest BCUT2D eigenvalue weighted by Crippen LogP contribution is 2.29. The molecule has 3 rings (SSSR count). The summed E-state index contributed by atoms with van der Waals surface area (Å²) in [5.41, 5.74) is 0.506. The van der Waals surface area contributed by atoms with Crippen LogP contribution < -0.4 is 4.18 Å². The van der Waals surface area contributed by atoms with Crippen molar-refractivity contribution in [2.75, 3.05) is 0 Å². The Balaban J connectivity index is 1.87. The van der Waals surface area contributed by atoms with Crippen LogP contribution in [0.25, 0.3) is 10.6 Å². The number of rotatable bonds is 5. The van der Waals surface area contributed by atoms with Crippen molar-refractivity contribution in [1.82, 2.24) is 4.98 Å². The van der Waals surface area contributed by atoms with Crippen LogP contribution in [0.5, 0.6) is 5.75 Å². The molecular weight excluding hydrogens is 432 g/mol. The highest BCUT2D eigenvalue weighted by Gasteiger charge is 2.22. The highest BCUT2D eigenvalue weighted by molar-refractivity contribution is 9.10. The number of benzene rings is 2. The van der Waals surface area contributed by atoms with Crippen LogP contribution in [0.1, 0.15) is 0 Å². The van der Waals surface area contributed by atoms with Gasteiger partial charge in [-0.25, -0.2) is 4.98 Å². The summed E-state index contributed by atoms with van der Waals surface area (Å²) in [6.07, 6.45) is 0. The summed E-state index contributed by atoms with van der Waals surface area (Å²) in [7, 11) is -4.18. The van der Waals surface area contributed by atoms with Crippen molar-refractivity contribution in [3.05, 3.63) is 68.5 Å². The van der Waals surface area contributed by atoms with Gasteiger partial charge in [-0.05, 0) is 18.2 Å². The van der Waals surface area contributed by atoms with E-state index in [2.05, 4.69) is 20.9 Å². The second-order valence-electron chi connectivity index (χ2n) is 4.79. The Morgan fingerprint density at radius 2 is 1.88 bits per heavy atom. The molecule has 1 heterocycles. The zero-order valence-corrected chi connectivity index (χ0v) is 15.5. The van der Waals surface area contributed by atoms with Gasteiger partial charge in [0.05, 0.1) is 11.0 Å². The maximum absolute atomic E-state index is 12.3. The van der Waals surface area contributed by atoms with Gasteiger partial charge in [0.25, 0.3) is 5.69 Å². The van der Waals surface area contributed by atoms with E-state index in [1.165, 1.54) is 23.6 Å². The van der Waals surface area contributed by atoms with Gasteiger partial charge in [-0.3, -0.25) is 10.1 Å². The molecule has 0 atom stereocenters. The number of hydrogen-bond donors (Lipinski definition) is 0. The summed E-state index contributed by atoms with van der Waals surface area (Å²) in [5.74, 6) is -0.146. The highest BCUT2D eigenvalue weighted by atomic mass is 79.9. The Labute approximate surface area is 155 Å². The first-order valence-electron chi connectivity index (χ1n) is 6.75. The Morgan fingerprint density at radius 3 is 2.56 bits per heavy atom. The molecule has 25 heavy (non-hydrogen) atoms. The summed E-state index contributed by atoms with van der Waals surface area (Å²) < 4.78 is 30.5. The van der Waals surface area contributed by atoms with Crippen molar-refractivity contribution in [1.29, 1.82) is 0 Å². The molecule has 0 unspecified atom stereocenters. The van der Waals surface area contributed by atoms with Gasteiger partial charge in [0.2, 0.25) is 5.03 Å². The summed E-state index contributed by atoms with van der Waals surface area (Å²) >= 11 is 4.49. The minimum Gasteiger partial charge on any atom is -0.378 e. The minimum absolute atomic E-state index is 0.146. The predicted molar refractivity (Wildman–Crippen MR) is 96.2 cm³/mol. The molecule has 0 saturated carbocycles. The standard InChI is InChI=1S/C15H9BrN2O5S2/c16-11-6-4-10(5-7-11)15-17-14(9-24-15)25(21,22)23-13-3-1-2-12(8-13)18(19)20/h1-9H. The van der Waals surface area contributed by atoms with E-state index in [1.807, 2.05) is 12.1 Å². The van der Waals surface area contributed by atoms with Crippen molar-refractivity contribution in [3.8, 4) is 16.3 Å². The molecule has 0 saturated heterocycles. The van der Waals surface area contributed by atoms with E-state index in [9.17, 15) is 18.5 Å². The first-order chi connectivity index (χ1) is 11.8. The normalized spacial score (nSPS) is 11.2. The van der Waals surface area contributed by atoms with Gasteiger partial charge in [0.1, 0.15) is 10.8 Å². The predicted octanol–water partition coefficient (Wildman–Crippen LogP) is 4.25. The first-order valence-corrected chi connectivity index (χ1v) is 9.84. The van der Waals surface area contributed by atoms with E-state index in [0.717, 1.165) is 27.4 Å². The monoisotopic (exact) mass is 440 g/mol. The van der Waals surface area contributed by atoms with Crippen LogP contribution in [-0.2, 0) is 10.1 Å². The molecular formula is C15H9BrN2O5S2. The molecule has 0 radical (unpaired) electrons. The third-order valence-corrected chi connectivity index (χ3v) is 5.77. The largest absolute Gasteiger partial charge is 0.378 e. The fourth-order valence-electron chi connectivity index (χ4n) is 1.92. The van der Waals surface area contributed by atoms with Gasteiger partial charge >= 0.3 is 10.1 Å². The Hall–Kier alpha value is -2.30. The third kappa shape index (κ3) is 4.03. The minimum atomic E-state index is -4.18. The van der Waals surface area contributed by atoms with Crippen LogP contribution in [0, 0.1) is 10.1 Å². The van der Waals surface area contributed by atoms with Crippen molar-refractivity contribution >= 4 is 43.1 Å². The van der Waals surface area contributed by atoms with Crippen LogP contribution in [0.4, 0.5) is 5.69 Å². The van der Waals surface area contributed by atoms with Gasteiger partial charge in [0, 0.05) is 21.5 Å². The summed E-state index contributed by atoms with van der Waals surface area (Å²) in [4.78, 5) is 14.2. The molecule has 0 spiro atoms. The van der Waals surface area contributed by atoms with Gasteiger partial charge < -0.3 is 4.18 Å². The van der Waals surface area contributed by atoms with E-state index >= 15 is 0 Å². The van der Waals surface area contributed by atoms with E-state index in [1.54, 1.807) is 12.1 Å². The van der Waals surface area contributed by atoms with Crippen LogP contribution in [0.3, 0.4) is 0 Å². The van der Waals surface area contributed by atoms with Gasteiger partial charge in [0.15, 0.2) is 0 Å². The van der Waals surface area contributed by atoms with Crippen LogP contribution in [0.15, 0.2) is 63.4 Å². The number of thiazole rings is 1. The van der Waals surface area contributed by atoms with Gasteiger partial charge in [-0.2, -0.15) is 8.42 Å². The zero-order valence-electron chi connectivity index (χ0n) is 12.3. The number of nitro benzene ring substituents is 1. The van der Waals surface area contributed by atoms with Crippen molar-refractivity contribution in [3.63, 3.8) is 0 Å². The number of nitro groups is 1. The average Bonchev–Trinajstić information content (AvgIpc) is 3.06. The summed E-state index contributed by atoms with van der Waals surface area (Å²) in [6.45, 7) is 0. The zero-order chi connectivity index (χ0) is 18.0. The van der Waals surface area contributed by atoms with Gasteiger partial charge in [-0.1, -0.05) is 34.1 Å². The summed E-state index contributed by atoms with van der Waals surface area (Å²) in [6, 6.07) is 12.2.